The lowest BCUT2D eigenvalue weighted by atomic mass is 10.1. The molecule has 166 valence electrons. The van der Waals surface area contributed by atoms with Gasteiger partial charge in [0.05, 0.1) is 18.9 Å². The molecule has 0 aliphatic carbocycles. The summed E-state index contributed by atoms with van der Waals surface area (Å²) in [6, 6.07) is 0. The third-order valence-electron chi connectivity index (χ3n) is 4.72. The zero-order chi connectivity index (χ0) is 21.9. The van der Waals surface area contributed by atoms with E-state index in [1.807, 2.05) is 29.8 Å². The molecular formula is C23H47N3O2. The standard InChI is InChI=1S/C14H28N2O.C9H19NO/c1-6-13(5)10-15(8-3)12-16(9-4)11-14(17)7-2;1-4-7-10(6-3)8-9(11)5-2/h8-9,13-14,17H,3-4,6-7,10-12H2,1-2,5H3;6,9,11H,3-5,7-8H2,1-2H3. The molecule has 0 fully saturated rings. The summed E-state index contributed by atoms with van der Waals surface area (Å²) in [6.07, 6.45) is 8.79. The minimum Gasteiger partial charge on any atom is -0.391 e. The first-order valence-corrected chi connectivity index (χ1v) is 10.8. The van der Waals surface area contributed by atoms with Crippen LogP contribution in [0.25, 0.3) is 0 Å². The van der Waals surface area contributed by atoms with Crippen LogP contribution in [0.1, 0.15) is 60.3 Å². The zero-order valence-corrected chi connectivity index (χ0v) is 19.2. The van der Waals surface area contributed by atoms with E-state index in [0.717, 1.165) is 45.4 Å². The molecule has 0 aromatic heterocycles. The number of aliphatic hydroxyl groups excluding tert-OH is 2. The molecule has 3 unspecified atom stereocenters. The molecule has 28 heavy (non-hydrogen) atoms. The molecule has 0 saturated carbocycles. The summed E-state index contributed by atoms with van der Waals surface area (Å²) < 4.78 is 0. The van der Waals surface area contributed by atoms with E-state index in [0.29, 0.717) is 19.0 Å². The van der Waals surface area contributed by atoms with E-state index < -0.39 is 0 Å². The number of aliphatic hydroxyl groups is 2. The predicted molar refractivity (Wildman–Crippen MR) is 123 cm³/mol. The van der Waals surface area contributed by atoms with Crippen LogP contribution < -0.4 is 0 Å². The molecule has 0 bridgehead atoms. The van der Waals surface area contributed by atoms with E-state index >= 15 is 0 Å². The fourth-order valence-electron chi connectivity index (χ4n) is 2.49. The highest BCUT2D eigenvalue weighted by molar-refractivity contribution is 4.79. The maximum atomic E-state index is 9.64. The molecular weight excluding hydrogens is 350 g/mol. The molecule has 0 rings (SSSR count). The van der Waals surface area contributed by atoms with Gasteiger partial charge in [0, 0.05) is 26.2 Å². The first kappa shape index (κ1) is 28.7. The van der Waals surface area contributed by atoms with Gasteiger partial charge >= 0.3 is 0 Å². The fourth-order valence-corrected chi connectivity index (χ4v) is 2.49. The Hall–Kier alpha value is -1.46. The molecule has 3 atom stereocenters. The van der Waals surface area contributed by atoms with E-state index in [1.54, 1.807) is 12.4 Å². The molecule has 5 nitrogen and oxygen atoms in total. The largest absolute Gasteiger partial charge is 0.391 e. The topological polar surface area (TPSA) is 50.2 Å². The molecule has 0 heterocycles. The van der Waals surface area contributed by atoms with Gasteiger partial charge in [0.25, 0.3) is 0 Å². The van der Waals surface area contributed by atoms with Crippen LogP contribution in [0.2, 0.25) is 0 Å². The average Bonchev–Trinajstić information content (AvgIpc) is 2.71. The lowest BCUT2D eigenvalue weighted by molar-refractivity contribution is 0.106. The van der Waals surface area contributed by atoms with Gasteiger partial charge in [-0.25, -0.2) is 0 Å². The Balaban J connectivity index is 0. The van der Waals surface area contributed by atoms with Gasteiger partial charge < -0.3 is 24.9 Å². The van der Waals surface area contributed by atoms with E-state index in [1.165, 1.54) is 0 Å². The van der Waals surface area contributed by atoms with Crippen LogP contribution in [0.15, 0.2) is 38.3 Å². The lowest BCUT2D eigenvalue weighted by Gasteiger charge is -2.31. The average molecular weight is 398 g/mol. The molecule has 0 aromatic rings. The fraction of sp³-hybridized carbons (Fsp3) is 0.739. The summed E-state index contributed by atoms with van der Waals surface area (Å²) in [7, 11) is 0. The summed E-state index contributed by atoms with van der Waals surface area (Å²) in [4.78, 5) is 6.24. The van der Waals surface area contributed by atoms with Crippen molar-refractivity contribution in [1.29, 1.82) is 0 Å². The Morgan fingerprint density at radius 3 is 1.50 bits per heavy atom. The van der Waals surface area contributed by atoms with Crippen molar-refractivity contribution in [2.45, 2.75) is 72.5 Å². The van der Waals surface area contributed by atoms with Crippen molar-refractivity contribution in [2.75, 3.05) is 32.8 Å². The van der Waals surface area contributed by atoms with Crippen molar-refractivity contribution in [2.24, 2.45) is 5.92 Å². The van der Waals surface area contributed by atoms with Crippen molar-refractivity contribution >= 4 is 0 Å². The minimum atomic E-state index is -0.289. The normalized spacial score (nSPS) is 13.4. The highest BCUT2D eigenvalue weighted by atomic mass is 16.3. The van der Waals surface area contributed by atoms with Gasteiger partial charge in [-0.15, -0.1) is 0 Å². The SMILES string of the molecule is C=CN(CC(C)CC)CN(C=C)CC(O)CC.C=CN(CCC)CC(O)CC. The van der Waals surface area contributed by atoms with Crippen molar-refractivity contribution < 1.29 is 10.2 Å². The maximum absolute atomic E-state index is 9.64. The second-order valence-corrected chi connectivity index (χ2v) is 7.36. The van der Waals surface area contributed by atoms with Crippen LogP contribution in [0, 0.1) is 5.92 Å². The molecule has 5 heteroatoms. The van der Waals surface area contributed by atoms with E-state index in [4.69, 9.17) is 0 Å². The molecule has 2 N–H and O–H groups in total. The van der Waals surface area contributed by atoms with Crippen LogP contribution in [0.3, 0.4) is 0 Å². The highest BCUT2D eigenvalue weighted by Gasteiger charge is 2.10. The molecule has 0 aliphatic heterocycles. The predicted octanol–water partition coefficient (Wildman–Crippen LogP) is 4.26. The maximum Gasteiger partial charge on any atom is 0.0893 e. The molecule has 0 saturated heterocycles. The van der Waals surface area contributed by atoms with Gasteiger partial charge in [0.1, 0.15) is 0 Å². The number of hydrogen-bond acceptors (Lipinski definition) is 5. The number of nitrogens with zero attached hydrogens (tertiary/aromatic N) is 3. The number of rotatable bonds is 16. The van der Waals surface area contributed by atoms with Crippen molar-refractivity contribution in [3.05, 3.63) is 38.3 Å². The summed E-state index contributed by atoms with van der Waals surface area (Å²) in [5, 5.41) is 18.9. The minimum absolute atomic E-state index is 0.209. The quantitative estimate of drug-likeness (QED) is 0.381. The molecule has 0 radical (unpaired) electrons. The van der Waals surface area contributed by atoms with Gasteiger partial charge in [-0.05, 0) is 43.8 Å². The van der Waals surface area contributed by atoms with Crippen LogP contribution in [-0.4, -0.2) is 70.0 Å². The highest BCUT2D eigenvalue weighted by Crippen LogP contribution is 2.07. The third kappa shape index (κ3) is 15.6. The van der Waals surface area contributed by atoms with Crippen molar-refractivity contribution in [3.63, 3.8) is 0 Å². The van der Waals surface area contributed by atoms with E-state index in [-0.39, 0.29) is 12.2 Å². The third-order valence-corrected chi connectivity index (χ3v) is 4.72. The van der Waals surface area contributed by atoms with Gasteiger partial charge in [0.15, 0.2) is 0 Å². The van der Waals surface area contributed by atoms with Crippen LogP contribution in [-0.2, 0) is 0 Å². The zero-order valence-electron chi connectivity index (χ0n) is 19.2. The Morgan fingerprint density at radius 2 is 1.14 bits per heavy atom. The summed E-state index contributed by atoms with van der Waals surface area (Å²) in [5.41, 5.74) is 0. The van der Waals surface area contributed by atoms with Gasteiger partial charge in [0.2, 0.25) is 0 Å². The van der Waals surface area contributed by atoms with Crippen LogP contribution in [0.5, 0.6) is 0 Å². The summed E-state index contributed by atoms with van der Waals surface area (Å²) in [5.74, 6) is 0.649. The molecule has 0 amide bonds. The molecule has 0 aliphatic rings. The smallest absolute Gasteiger partial charge is 0.0893 e. The lowest BCUT2D eigenvalue weighted by Crippen LogP contribution is -2.37. The monoisotopic (exact) mass is 397 g/mol. The second kappa shape index (κ2) is 18.9. The first-order chi connectivity index (χ1) is 13.3. The Kier molecular flexibility index (Phi) is 19.4. The van der Waals surface area contributed by atoms with Gasteiger partial charge in [-0.2, -0.15) is 0 Å². The van der Waals surface area contributed by atoms with E-state index in [9.17, 15) is 10.2 Å². The first-order valence-electron chi connectivity index (χ1n) is 10.8. The number of hydrogen-bond donors (Lipinski definition) is 2. The molecule has 0 spiro atoms. The van der Waals surface area contributed by atoms with Crippen molar-refractivity contribution in [1.82, 2.24) is 14.7 Å². The van der Waals surface area contributed by atoms with Gasteiger partial charge in [-0.1, -0.05) is 60.8 Å². The Bertz CT molecular complexity index is 368. The van der Waals surface area contributed by atoms with E-state index in [2.05, 4.69) is 45.4 Å². The summed E-state index contributed by atoms with van der Waals surface area (Å²) >= 11 is 0. The second-order valence-electron chi connectivity index (χ2n) is 7.36. The van der Waals surface area contributed by atoms with Crippen LogP contribution in [0.4, 0.5) is 0 Å². The molecule has 0 aromatic carbocycles. The van der Waals surface area contributed by atoms with Crippen molar-refractivity contribution in [3.8, 4) is 0 Å². The summed E-state index contributed by atoms with van der Waals surface area (Å²) in [6.45, 7) is 25.9. The Labute approximate surface area is 175 Å². The van der Waals surface area contributed by atoms with Gasteiger partial charge in [-0.3, -0.25) is 0 Å². The Morgan fingerprint density at radius 1 is 0.714 bits per heavy atom. The van der Waals surface area contributed by atoms with Crippen LogP contribution >= 0.6 is 0 Å².